The topological polar surface area (TPSA) is 49.4 Å². The van der Waals surface area contributed by atoms with E-state index in [0.717, 1.165) is 0 Å². The van der Waals surface area contributed by atoms with Crippen molar-refractivity contribution in [3.63, 3.8) is 0 Å². The molecule has 0 saturated carbocycles. The van der Waals surface area contributed by atoms with E-state index in [1.165, 1.54) is 5.56 Å². The molecule has 0 spiro atoms. The van der Waals surface area contributed by atoms with E-state index >= 15 is 0 Å². The van der Waals surface area contributed by atoms with Gasteiger partial charge in [-0.25, -0.2) is 0 Å². The Hall–Kier alpha value is -1.84. The van der Waals surface area contributed by atoms with Gasteiger partial charge in [-0.1, -0.05) is 32.9 Å². The highest BCUT2D eigenvalue weighted by Gasteiger charge is 2.14. The van der Waals surface area contributed by atoms with Crippen LogP contribution in [0.25, 0.3) is 0 Å². The fraction of sp³-hybridized carbons (Fsp3) is 0.556. The lowest BCUT2D eigenvalue weighted by Crippen LogP contribution is -2.34. The Bertz CT molecular complexity index is 497. The van der Waals surface area contributed by atoms with Gasteiger partial charge in [-0.15, -0.1) is 0 Å². The number of nitrogens with zero attached hydrogens (tertiary/aromatic N) is 1. The predicted octanol–water partition coefficient (Wildman–Crippen LogP) is 2.97. The third-order valence-electron chi connectivity index (χ3n) is 3.75. The summed E-state index contributed by atoms with van der Waals surface area (Å²) >= 11 is 0. The molecule has 0 saturated heterocycles. The molecule has 0 heterocycles. The van der Waals surface area contributed by atoms with Gasteiger partial charge in [-0.3, -0.25) is 9.59 Å². The molecule has 1 aromatic carbocycles. The SMILES string of the molecule is CCN(CC)C(=O)CCNC(=O)c1ccc(C(C)(C)C)cc1. The first kappa shape index (κ1) is 18.2. The van der Waals surface area contributed by atoms with Crippen molar-refractivity contribution in [3.8, 4) is 0 Å². The zero-order valence-corrected chi connectivity index (χ0v) is 14.4. The Morgan fingerprint density at radius 2 is 1.59 bits per heavy atom. The highest BCUT2D eigenvalue weighted by atomic mass is 16.2. The summed E-state index contributed by atoms with van der Waals surface area (Å²) in [7, 11) is 0. The van der Waals surface area contributed by atoms with Crippen molar-refractivity contribution < 1.29 is 9.59 Å². The number of benzene rings is 1. The minimum absolute atomic E-state index is 0.0746. The fourth-order valence-electron chi connectivity index (χ4n) is 2.24. The van der Waals surface area contributed by atoms with Crippen LogP contribution in [0.1, 0.15) is 57.0 Å². The average molecular weight is 304 g/mol. The summed E-state index contributed by atoms with van der Waals surface area (Å²) in [5.41, 5.74) is 1.90. The maximum atomic E-state index is 12.1. The van der Waals surface area contributed by atoms with Crippen molar-refractivity contribution in [2.24, 2.45) is 0 Å². The Morgan fingerprint density at radius 3 is 2.05 bits per heavy atom. The molecule has 0 aromatic heterocycles. The number of nitrogens with one attached hydrogen (secondary N) is 1. The summed E-state index contributed by atoms with van der Waals surface area (Å²) in [5.74, 6) is -0.0545. The molecular formula is C18H28N2O2. The minimum Gasteiger partial charge on any atom is -0.352 e. The molecule has 0 aliphatic heterocycles. The van der Waals surface area contributed by atoms with Gasteiger partial charge in [0.15, 0.2) is 0 Å². The maximum absolute atomic E-state index is 12.1. The van der Waals surface area contributed by atoms with E-state index in [0.29, 0.717) is 31.6 Å². The molecule has 1 rings (SSSR count). The molecule has 0 radical (unpaired) electrons. The first-order valence-corrected chi connectivity index (χ1v) is 7.96. The maximum Gasteiger partial charge on any atom is 0.251 e. The Labute approximate surface area is 133 Å². The van der Waals surface area contributed by atoms with Gasteiger partial charge in [0.2, 0.25) is 5.91 Å². The second kappa shape index (κ2) is 7.97. The van der Waals surface area contributed by atoms with E-state index in [1.807, 2.05) is 38.1 Å². The third kappa shape index (κ3) is 5.17. The van der Waals surface area contributed by atoms with Crippen LogP contribution in [0, 0.1) is 0 Å². The number of carbonyl (C=O) groups excluding carboxylic acids is 2. The lowest BCUT2D eigenvalue weighted by atomic mass is 9.87. The van der Waals surface area contributed by atoms with Gasteiger partial charge in [0.1, 0.15) is 0 Å². The molecule has 0 bridgehead atoms. The number of amides is 2. The van der Waals surface area contributed by atoms with Crippen LogP contribution in [-0.2, 0) is 10.2 Å². The normalized spacial score (nSPS) is 11.1. The average Bonchev–Trinajstić information content (AvgIpc) is 2.47. The lowest BCUT2D eigenvalue weighted by Gasteiger charge is -2.19. The van der Waals surface area contributed by atoms with Crippen molar-refractivity contribution in [3.05, 3.63) is 35.4 Å². The molecule has 0 aliphatic carbocycles. The Balaban J connectivity index is 2.51. The highest BCUT2D eigenvalue weighted by molar-refractivity contribution is 5.94. The van der Waals surface area contributed by atoms with Crippen LogP contribution < -0.4 is 5.32 Å². The van der Waals surface area contributed by atoms with Crippen molar-refractivity contribution in [2.75, 3.05) is 19.6 Å². The summed E-state index contributed by atoms with van der Waals surface area (Å²) in [4.78, 5) is 25.7. The van der Waals surface area contributed by atoms with E-state index < -0.39 is 0 Å². The first-order valence-electron chi connectivity index (χ1n) is 7.96. The molecule has 2 amide bonds. The van der Waals surface area contributed by atoms with Crippen molar-refractivity contribution in [1.29, 1.82) is 0 Å². The molecular weight excluding hydrogens is 276 g/mol. The van der Waals surface area contributed by atoms with Crippen LogP contribution in [0.5, 0.6) is 0 Å². The van der Waals surface area contributed by atoms with Gasteiger partial charge in [0.05, 0.1) is 0 Å². The molecule has 0 unspecified atom stereocenters. The van der Waals surface area contributed by atoms with E-state index in [4.69, 9.17) is 0 Å². The summed E-state index contributed by atoms with van der Waals surface area (Å²) in [5, 5.41) is 2.80. The lowest BCUT2D eigenvalue weighted by molar-refractivity contribution is -0.130. The van der Waals surface area contributed by atoms with Crippen LogP contribution in [0.2, 0.25) is 0 Å². The van der Waals surface area contributed by atoms with Gasteiger partial charge >= 0.3 is 0 Å². The molecule has 1 aromatic rings. The number of carbonyl (C=O) groups is 2. The van der Waals surface area contributed by atoms with Gasteiger partial charge in [-0.2, -0.15) is 0 Å². The second-order valence-electron chi connectivity index (χ2n) is 6.40. The van der Waals surface area contributed by atoms with Gasteiger partial charge in [0.25, 0.3) is 5.91 Å². The molecule has 4 nitrogen and oxygen atoms in total. The zero-order chi connectivity index (χ0) is 16.8. The number of hydrogen-bond donors (Lipinski definition) is 1. The molecule has 122 valence electrons. The van der Waals surface area contributed by atoms with E-state index in [-0.39, 0.29) is 17.2 Å². The monoisotopic (exact) mass is 304 g/mol. The van der Waals surface area contributed by atoms with E-state index in [1.54, 1.807) is 4.90 Å². The highest BCUT2D eigenvalue weighted by Crippen LogP contribution is 2.22. The van der Waals surface area contributed by atoms with Gasteiger partial charge in [0, 0.05) is 31.6 Å². The zero-order valence-electron chi connectivity index (χ0n) is 14.4. The second-order valence-corrected chi connectivity index (χ2v) is 6.40. The standard InChI is InChI=1S/C18H28N2O2/c1-6-20(7-2)16(21)12-13-19-17(22)14-8-10-15(11-9-14)18(3,4)5/h8-11H,6-7,12-13H2,1-5H3,(H,19,22). The molecule has 1 N–H and O–H groups in total. The van der Waals surface area contributed by atoms with Gasteiger partial charge < -0.3 is 10.2 Å². The smallest absolute Gasteiger partial charge is 0.251 e. The fourth-order valence-corrected chi connectivity index (χ4v) is 2.24. The molecule has 4 heteroatoms. The molecule has 22 heavy (non-hydrogen) atoms. The van der Waals surface area contributed by atoms with E-state index in [9.17, 15) is 9.59 Å². The molecule has 0 atom stereocenters. The van der Waals surface area contributed by atoms with Crippen LogP contribution in [0.15, 0.2) is 24.3 Å². The Morgan fingerprint density at radius 1 is 1.05 bits per heavy atom. The largest absolute Gasteiger partial charge is 0.352 e. The summed E-state index contributed by atoms with van der Waals surface area (Å²) in [6, 6.07) is 7.64. The van der Waals surface area contributed by atoms with Crippen molar-refractivity contribution >= 4 is 11.8 Å². The molecule has 0 fully saturated rings. The van der Waals surface area contributed by atoms with Crippen LogP contribution in [0.3, 0.4) is 0 Å². The quantitative estimate of drug-likeness (QED) is 0.878. The first-order chi connectivity index (χ1) is 10.3. The predicted molar refractivity (Wildman–Crippen MR) is 90.0 cm³/mol. The van der Waals surface area contributed by atoms with Crippen LogP contribution >= 0.6 is 0 Å². The third-order valence-corrected chi connectivity index (χ3v) is 3.75. The Kier molecular flexibility index (Phi) is 6.60. The molecule has 0 aliphatic rings. The number of rotatable bonds is 6. The minimum atomic E-state index is -0.132. The van der Waals surface area contributed by atoms with E-state index in [2.05, 4.69) is 26.1 Å². The van der Waals surface area contributed by atoms with Crippen molar-refractivity contribution in [1.82, 2.24) is 10.2 Å². The van der Waals surface area contributed by atoms with Gasteiger partial charge in [-0.05, 0) is 37.0 Å². The number of hydrogen-bond acceptors (Lipinski definition) is 2. The van der Waals surface area contributed by atoms with Crippen molar-refractivity contribution in [2.45, 2.75) is 46.5 Å². The van der Waals surface area contributed by atoms with Crippen LogP contribution in [-0.4, -0.2) is 36.3 Å². The van der Waals surface area contributed by atoms with Crippen LogP contribution in [0.4, 0.5) is 0 Å². The summed E-state index contributed by atoms with van der Waals surface area (Å²) in [6.07, 6.45) is 0.341. The summed E-state index contributed by atoms with van der Waals surface area (Å²) in [6.45, 7) is 12.1. The summed E-state index contributed by atoms with van der Waals surface area (Å²) < 4.78 is 0.